The topological polar surface area (TPSA) is 35.2 Å². The molecule has 0 unspecified atom stereocenters. The van der Waals surface area contributed by atoms with Crippen LogP contribution in [0.1, 0.15) is 5.56 Å². The van der Waals surface area contributed by atoms with Crippen LogP contribution in [0, 0.1) is 0 Å². The van der Waals surface area contributed by atoms with Crippen molar-refractivity contribution in [2.24, 2.45) is 0 Å². The van der Waals surface area contributed by atoms with Gasteiger partial charge in [0.05, 0.1) is 12.7 Å². The molecule has 0 atom stereocenters. The molecule has 2 nitrogen and oxygen atoms in total. The van der Waals surface area contributed by atoms with Crippen molar-refractivity contribution in [3.63, 3.8) is 0 Å². The molecule has 0 aliphatic heterocycles. The van der Waals surface area contributed by atoms with Crippen molar-refractivity contribution in [1.29, 1.82) is 0 Å². The summed E-state index contributed by atoms with van der Waals surface area (Å²) >= 11 is 0. The Balaban J connectivity index is 2.45. The number of nitrogen functional groups attached to an aromatic ring is 1. The lowest BCUT2D eigenvalue weighted by Crippen LogP contribution is -2.08. The van der Waals surface area contributed by atoms with Gasteiger partial charge in [0, 0.05) is 5.69 Å². The zero-order valence-electron chi connectivity index (χ0n) is 10.2. The normalized spacial score (nSPS) is 11.4. The van der Waals surface area contributed by atoms with Crippen LogP contribution in [0.5, 0.6) is 5.75 Å². The summed E-state index contributed by atoms with van der Waals surface area (Å²) in [7, 11) is 1.53. The molecule has 0 aromatic heterocycles. The van der Waals surface area contributed by atoms with E-state index in [2.05, 4.69) is 0 Å². The first-order valence-electron chi connectivity index (χ1n) is 5.53. The van der Waals surface area contributed by atoms with Crippen molar-refractivity contribution in [2.75, 3.05) is 12.8 Å². The number of alkyl halides is 3. The van der Waals surface area contributed by atoms with Gasteiger partial charge in [-0.25, -0.2) is 0 Å². The van der Waals surface area contributed by atoms with Gasteiger partial charge in [-0.2, -0.15) is 13.2 Å². The Hall–Kier alpha value is -2.17. The van der Waals surface area contributed by atoms with E-state index in [1.165, 1.54) is 13.2 Å². The fourth-order valence-electron chi connectivity index (χ4n) is 1.76. The van der Waals surface area contributed by atoms with Crippen LogP contribution in [0.25, 0.3) is 11.1 Å². The molecule has 0 amide bonds. The summed E-state index contributed by atoms with van der Waals surface area (Å²) in [6.45, 7) is 0. The van der Waals surface area contributed by atoms with E-state index >= 15 is 0 Å². The van der Waals surface area contributed by atoms with Gasteiger partial charge in [-0.15, -0.1) is 0 Å². The Morgan fingerprint density at radius 3 is 2.05 bits per heavy atom. The minimum atomic E-state index is -4.45. The summed E-state index contributed by atoms with van der Waals surface area (Å²) in [6.07, 6.45) is -4.45. The molecule has 2 aromatic rings. The predicted octanol–water partition coefficient (Wildman–Crippen LogP) is 3.96. The molecule has 0 bridgehead atoms. The van der Waals surface area contributed by atoms with Crippen molar-refractivity contribution >= 4 is 5.69 Å². The number of nitrogens with two attached hydrogens (primary N) is 1. The van der Waals surface area contributed by atoms with E-state index in [1.54, 1.807) is 30.3 Å². The molecule has 100 valence electrons. The highest BCUT2D eigenvalue weighted by molar-refractivity contribution is 5.68. The average Bonchev–Trinajstić information content (AvgIpc) is 2.38. The van der Waals surface area contributed by atoms with Gasteiger partial charge in [0.2, 0.25) is 0 Å². The summed E-state index contributed by atoms with van der Waals surface area (Å²) in [5.74, 6) is 0.648. The molecule has 2 N–H and O–H groups in total. The van der Waals surface area contributed by atoms with Crippen LogP contribution in [0.15, 0.2) is 42.5 Å². The Kier molecular flexibility index (Phi) is 3.38. The minimum Gasteiger partial charge on any atom is -0.497 e. The molecule has 2 rings (SSSR count). The number of hydrogen-bond donors (Lipinski definition) is 1. The van der Waals surface area contributed by atoms with E-state index in [0.717, 1.165) is 6.07 Å². The molecule has 0 saturated carbocycles. The lowest BCUT2D eigenvalue weighted by Gasteiger charge is -2.12. The SMILES string of the molecule is COc1ccc(-c2ccc(N)c(C(F)(F)F)c2)cc1. The van der Waals surface area contributed by atoms with Crippen molar-refractivity contribution in [1.82, 2.24) is 0 Å². The van der Waals surface area contributed by atoms with Gasteiger partial charge in [0.1, 0.15) is 5.75 Å². The molecule has 0 aliphatic carbocycles. The molecule has 0 spiro atoms. The van der Waals surface area contributed by atoms with Gasteiger partial charge in [-0.05, 0) is 35.4 Å². The standard InChI is InChI=1S/C14H12F3NO/c1-19-11-5-2-9(3-6-11)10-4-7-13(18)12(8-10)14(15,16)17/h2-8H,18H2,1H3. The molecule has 0 saturated heterocycles. The van der Waals surface area contributed by atoms with E-state index in [-0.39, 0.29) is 5.69 Å². The molecule has 0 aliphatic rings. The summed E-state index contributed by atoms with van der Waals surface area (Å²) in [6, 6.07) is 10.7. The second-order valence-corrected chi connectivity index (χ2v) is 4.03. The summed E-state index contributed by atoms with van der Waals surface area (Å²) in [5.41, 5.74) is 5.40. The molecule has 0 heterocycles. The maximum Gasteiger partial charge on any atom is 0.418 e. The van der Waals surface area contributed by atoms with Gasteiger partial charge < -0.3 is 10.5 Å². The largest absolute Gasteiger partial charge is 0.497 e. The van der Waals surface area contributed by atoms with Crippen LogP contribution in [0.2, 0.25) is 0 Å². The van der Waals surface area contributed by atoms with Crippen LogP contribution in [0.3, 0.4) is 0 Å². The minimum absolute atomic E-state index is 0.273. The highest BCUT2D eigenvalue weighted by atomic mass is 19.4. The number of hydrogen-bond acceptors (Lipinski definition) is 2. The number of ether oxygens (including phenoxy) is 1. The monoisotopic (exact) mass is 267 g/mol. The summed E-state index contributed by atoms with van der Waals surface area (Å²) < 4.78 is 43.3. The molecular formula is C14H12F3NO. The van der Waals surface area contributed by atoms with Gasteiger partial charge in [-0.1, -0.05) is 18.2 Å². The lowest BCUT2D eigenvalue weighted by atomic mass is 10.0. The van der Waals surface area contributed by atoms with E-state index in [0.29, 0.717) is 16.9 Å². The van der Waals surface area contributed by atoms with Crippen LogP contribution in [-0.4, -0.2) is 7.11 Å². The molecular weight excluding hydrogens is 255 g/mol. The maximum atomic E-state index is 12.8. The van der Waals surface area contributed by atoms with Gasteiger partial charge in [-0.3, -0.25) is 0 Å². The Bertz CT molecular complexity index is 576. The molecule has 0 fully saturated rings. The van der Waals surface area contributed by atoms with E-state index in [1.807, 2.05) is 0 Å². The van der Waals surface area contributed by atoms with Gasteiger partial charge in [0.25, 0.3) is 0 Å². The first-order valence-corrected chi connectivity index (χ1v) is 5.53. The van der Waals surface area contributed by atoms with Crippen LogP contribution in [0.4, 0.5) is 18.9 Å². The number of rotatable bonds is 2. The Morgan fingerprint density at radius 2 is 1.53 bits per heavy atom. The second-order valence-electron chi connectivity index (χ2n) is 4.03. The molecule has 19 heavy (non-hydrogen) atoms. The van der Waals surface area contributed by atoms with Gasteiger partial charge >= 0.3 is 6.18 Å². The van der Waals surface area contributed by atoms with Crippen molar-refractivity contribution < 1.29 is 17.9 Å². The van der Waals surface area contributed by atoms with Crippen LogP contribution < -0.4 is 10.5 Å². The average molecular weight is 267 g/mol. The van der Waals surface area contributed by atoms with E-state index < -0.39 is 11.7 Å². The third-order valence-electron chi connectivity index (χ3n) is 2.78. The maximum absolute atomic E-state index is 12.8. The number of halogens is 3. The zero-order chi connectivity index (χ0) is 14.0. The number of benzene rings is 2. The predicted molar refractivity (Wildman–Crippen MR) is 67.8 cm³/mol. The molecule has 0 radical (unpaired) electrons. The van der Waals surface area contributed by atoms with Crippen molar-refractivity contribution in [3.8, 4) is 16.9 Å². The Labute approximate surface area is 108 Å². The third kappa shape index (κ3) is 2.81. The highest BCUT2D eigenvalue weighted by Crippen LogP contribution is 2.36. The highest BCUT2D eigenvalue weighted by Gasteiger charge is 2.33. The first-order chi connectivity index (χ1) is 8.91. The summed E-state index contributed by atoms with van der Waals surface area (Å²) in [5, 5.41) is 0. The van der Waals surface area contributed by atoms with Crippen LogP contribution >= 0.6 is 0 Å². The van der Waals surface area contributed by atoms with Gasteiger partial charge in [0.15, 0.2) is 0 Å². The van der Waals surface area contributed by atoms with Crippen molar-refractivity contribution in [2.45, 2.75) is 6.18 Å². The fourth-order valence-corrected chi connectivity index (χ4v) is 1.76. The quantitative estimate of drug-likeness (QED) is 0.836. The third-order valence-corrected chi connectivity index (χ3v) is 2.78. The van der Waals surface area contributed by atoms with E-state index in [9.17, 15) is 13.2 Å². The fraction of sp³-hybridized carbons (Fsp3) is 0.143. The Morgan fingerprint density at radius 1 is 0.947 bits per heavy atom. The van der Waals surface area contributed by atoms with Crippen molar-refractivity contribution in [3.05, 3.63) is 48.0 Å². The lowest BCUT2D eigenvalue weighted by molar-refractivity contribution is -0.136. The number of anilines is 1. The molecule has 5 heteroatoms. The zero-order valence-corrected chi connectivity index (χ0v) is 10.2. The van der Waals surface area contributed by atoms with Crippen LogP contribution in [-0.2, 0) is 6.18 Å². The first kappa shape index (κ1) is 13.3. The summed E-state index contributed by atoms with van der Waals surface area (Å²) in [4.78, 5) is 0. The molecule has 2 aromatic carbocycles. The number of methoxy groups -OCH3 is 1. The van der Waals surface area contributed by atoms with E-state index in [4.69, 9.17) is 10.5 Å². The smallest absolute Gasteiger partial charge is 0.418 e. The second kappa shape index (κ2) is 4.84.